The fraction of sp³-hybridized carbons (Fsp3) is 0.846. The van der Waals surface area contributed by atoms with Crippen molar-refractivity contribution in [2.75, 3.05) is 31.1 Å². The van der Waals surface area contributed by atoms with Crippen LogP contribution in [-0.2, 0) is 22.9 Å². The van der Waals surface area contributed by atoms with Gasteiger partial charge in [0.05, 0.1) is 23.7 Å². The molecule has 8 heteroatoms. The van der Waals surface area contributed by atoms with Crippen LogP contribution in [0.2, 0.25) is 0 Å². The third-order valence-electron chi connectivity index (χ3n) is 4.03. The Labute approximate surface area is 125 Å². The predicted octanol–water partition coefficient (Wildman–Crippen LogP) is -0.349. The van der Waals surface area contributed by atoms with Gasteiger partial charge in [-0.2, -0.15) is 0 Å². The van der Waals surface area contributed by atoms with Gasteiger partial charge in [0, 0.05) is 31.9 Å². The lowest BCUT2D eigenvalue weighted by atomic mass is 10.4. The van der Waals surface area contributed by atoms with Crippen LogP contribution in [0.15, 0.2) is 6.20 Å². The molecule has 1 aliphatic heterocycles. The molecule has 0 radical (unpaired) electrons. The maximum atomic E-state index is 11.6. The zero-order valence-electron chi connectivity index (χ0n) is 12.2. The van der Waals surface area contributed by atoms with E-state index in [0.717, 1.165) is 38.3 Å². The number of aromatic nitrogens is 3. The molecule has 0 aromatic carbocycles. The molecule has 1 saturated carbocycles. The number of nitrogens with one attached hydrogen (secondary N) is 1. The van der Waals surface area contributed by atoms with Gasteiger partial charge in [0.25, 0.3) is 0 Å². The van der Waals surface area contributed by atoms with Gasteiger partial charge in [0.2, 0.25) is 0 Å². The first-order valence-corrected chi connectivity index (χ1v) is 9.48. The maximum absolute atomic E-state index is 11.6. The quantitative estimate of drug-likeness (QED) is 0.773. The van der Waals surface area contributed by atoms with Crippen molar-refractivity contribution in [2.24, 2.45) is 0 Å². The van der Waals surface area contributed by atoms with Gasteiger partial charge in [-0.15, -0.1) is 5.10 Å². The molecule has 2 fully saturated rings. The second-order valence-electron chi connectivity index (χ2n) is 5.98. The number of hydrogen-bond donors (Lipinski definition) is 1. The van der Waals surface area contributed by atoms with Crippen molar-refractivity contribution in [3.05, 3.63) is 11.9 Å². The van der Waals surface area contributed by atoms with Crippen LogP contribution in [0.4, 0.5) is 0 Å². The molecule has 2 heterocycles. The molecule has 1 saturated heterocycles. The van der Waals surface area contributed by atoms with Crippen LogP contribution in [0, 0.1) is 0 Å². The highest BCUT2D eigenvalue weighted by Gasteiger charge is 2.21. The second-order valence-corrected chi connectivity index (χ2v) is 8.28. The smallest absolute Gasteiger partial charge is 0.151 e. The first-order chi connectivity index (χ1) is 10.1. The minimum absolute atomic E-state index is 0.279. The van der Waals surface area contributed by atoms with Gasteiger partial charge in [0.15, 0.2) is 9.84 Å². The van der Waals surface area contributed by atoms with E-state index in [1.807, 2.05) is 10.9 Å². The van der Waals surface area contributed by atoms with Crippen molar-refractivity contribution in [3.63, 3.8) is 0 Å². The molecule has 118 valence electrons. The molecule has 7 nitrogen and oxygen atoms in total. The third kappa shape index (κ3) is 4.76. The van der Waals surface area contributed by atoms with Crippen LogP contribution in [0.25, 0.3) is 0 Å². The molecular weight excluding hydrogens is 290 g/mol. The summed E-state index contributed by atoms with van der Waals surface area (Å²) >= 11 is 0. The van der Waals surface area contributed by atoms with Crippen molar-refractivity contribution >= 4 is 9.84 Å². The van der Waals surface area contributed by atoms with E-state index >= 15 is 0 Å². The summed E-state index contributed by atoms with van der Waals surface area (Å²) in [6.07, 6.45) is 5.25. The van der Waals surface area contributed by atoms with E-state index in [9.17, 15) is 8.42 Å². The summed E-state index contributed by atoms with van der Waals surface area (Å²) in [6.45, 7) is 3.86. The fourth-order valence-electron chi connectivity index (χ4n) is 2.52. The average molecular weight is 313 g/mol. The Morgan fingerprint density at radius 1 is 1.24 bits per heavy atom. The van der Waals surface area contributed by atoms with E-state index < -0.39 is 9.84 Å². The molecule has 1 aromatic rings. The fourth-order valence-corrected chi connectivity index (χ4v) is 3.83. The van der Waals surface area contributed by atoms with Crippen LogP contribution < -0.4 is 5.32 Å². The van der Waals surface area contributed by atoms with E-state index in [0.29, 0.717) is 18.3 Å². The molecule has 0 spiro atoms. The Hall–Kier alpha value is -0.990. The highest BCUT2D eigenvalue weighted by atomic mass is 32.2. The Bertz CT molecular complexity index is 567. The lowest BCUT2D eigenvalue weighted by Gasteiger charge is -2.18. The van der Waals surface area contributed by atoms with Crippen LogP contribution >= 0.6 is 0 Å². The van der Waals surface area contributed by atoms with E-state index in [1.54, 1.807) is 0 Å². The minimum atomic E-state index is -2.83. The van der Waals surface area contributed by atoms with E-state index in [2.05, 4.69) is 20.5 Å². The molecule has 2 aliphatic rings. The molecule has 3 rings (SSSR count). The summed E-state index contributed by atoms with van der Waals surface area (Å²) in [5.74, 6) is 0.602. The third-order valence-corrected chi connectivity index (χ3v) is 5.74. The molecule has 0 bridgehead atoms. The van der Waals surface area contributed by atoms with Crippen LogP contribution in [0.3, 0.4) is 0 Å². The van der Waals surface area contributed by atoms with Gasteiger partial charge in [-0.25, -0.2) is 8.42 Å². The van der Waals surface area contributed by atoms with Crippen molar-refractivity contribution in [1.29, 1.82) is 0 Å². The minimum Gasteiger partial charge on any atom is -0.308 e. The molecule has 1 aliphatic carbocycles. The number of nitrogens with zero attached hydrogens (tertiary/aromatic N) is 4. The van der Waals surface area contributed by atoms with Gasteiger partial charge in [-0.3, -0.25) is 4.68 Å². The summed E-state index contributed by atoms with van der Waals surface area (Å²) < 4.78 is 25.0. The van der Waals surface area contributed by atoms with E-state index in [4.69, 9.17) is 0 Å². The SMILES string of the molecule is O=S1(=O)CCCN(CCn2cc(CNC3CC3)nn2)CC1. The summed E-state index contributed by atoms with van der Waals surface area (Å²) in [5, 5.41) is 11.7. The molecular formula is C13H23N5O2S. The highest BCUT2D eigenvalue weighted by molar-refractivity contribution is 7.91. The lowest BCUT2D eigenvalue weighted by Crippen LogP contribution is -2.30. The van der Waals surface area contributed by atoms with Crippen molar-refractivity contribution in [2.45, 2.75) is 38.4 Å². The van der Waals surface area contributed by atoms with Crippen molar-refractivity contribution in [1.82, 2.24) is 25.2 Å². The van der Waals surface area contributed by atoms with Crippen molar-refractivity contribution < 1.29 is 8.42 Å². The number of sulfone groups is 1. The normalized spacial score (nSPS) is 23.0. The predicted molar refractivity (Wildman–Crippen MR) is 79.6 cm³/mol. The summed E-state index contributed by atoms with van der Waals surface area (Å²) in [7, 11) is -2.83. The number of hydrogen-bond acceptors (Lipinski definition) is 6. The summed E-state index contributed by atoms with van der Waals surface area (Å²) in [5.41, 5.74) is 0.973. The number of rotatable bonds is 6. The monoisotopic (exact) mass is 313 g/mol. The molecule has 0 amide bonds. The Morgan fingerprint density at radius 3 is 2.90 bits per heavy atom. The van der Waals surface area contributed by atoms with E-state index in [-0.39, 0.29) is 5.75 Å². The summed E-state index contributed by atoms with van der Waals surface area (Å²) in [6, 6.07) is 0.675. The first kappa shape index (κ1) is 14.9. The maximum Gasteiger partial charge on any atom is 0.151 e. The van der Waals surface area contributed by atoms with Crippen LogP contribution in [-0.4, -0.2) is 65.5 Å². The molecule has 0 unspecified atom stereocenters. The Morgan fingerprint density at radius 2 is 2.10 bits per heavy atom. The zero-order valence-corrected chi connectivity index (χ0v) is 13.1. The van der Waals surface area contributed by atoms with Gasteiger partial charge in [0.1, 0.15) is 0 Å². The van der Waals surface area contributed by atoms with Gasteiger partial charge in [-0.1, -0.05) is 5.21 Å². The van der Waals surface area contributed by atoms with Crippen LogP contribution in [0.5, 0.6) is 0 Å². The average Bonchev–Trinajstić information content (AvgIpc) is 3.20. The second kappa shape index (κ2) is 6.41. The van der Waals surface area contributed by atoms with Crippen LogP contribution in [0.1, 0.15) is 25.0 Å². The van der Waals surface area contributed by atoms with Gasteiger partial charge >= 0.3 is 0 Å². The lowest BCUT2D eigenvalue weighted by molar-refractivity contribution is 0.276. The summed E-state index contributed by atoms with van der Waals surface area (Å²) in [4.78, 5) is 2.20. The Balaban J connectivity index is 1.43. The Kier molecular flexibility index (Phi) is 4.56. The van der Waals surface area contributed by atoms with Crippen molar-refractivity contribution in [3.8, 4) is 0 Å². The largest absolute Gasteiger partial charge is 0.308 e. The molecule has 1 N–H and O–H groups in total. The molecule has 0 atom stereocenters. The standard InChI is InChI=1S/C13H23N5O2S/c19-21(20)8-1-4-17(7-9-21)5-6-18-11-13(15-16-18)10-14-12-2-3-12/h11-12,14H,1-10H2. The zero-order chi connectivity index (χ0) is 14.7. The van der Waals surface area contributed by atoms with Gasteiger partial charge in [-0.05, 0) is 25.8 Å². The first-order valence-electron chi connectivity index (χ1n) is 7.66. The topological polar surface area (TPSA) is 80.1 Å². The molecule has 21 heavy (non-hydrogen) atoms. The molecule has 1 aromatic heterocycles. The van der Waals surface area contributed by atoms with E-state index in [1.165, 1.54) is 12.8 Å². The highest BCUT2D eigenvalue weighted by Crippen LogP contribution is 2.18. The van der Waals surface area contributed by atoms with Gasteiger partial charge < -0.3 is 10.2 Å².